The molecular weight excluding hydrogens is 316 g/mol. The lowest BCUT2D eigenvalue weighted by Gasteiger charge is -2.00. The molecule has 0 bridgehead atoms. The number of imidazole rings is 1. The summed E-state index contributed by atoms with van der Waals surface area (Å²) in [7, 11) is 0. The van der Waals surface area contributed by atoms with Crippen LogP contribution >= 0.6 is 0 Å². The van der Waals surface area contributed by atoms with Crippen molar-refractivity contribution in [2.75, 3.05) is 0 Å². The predicted molar refractivity (Wildman–Crippen MR) is 92.9 cm³/mol. The predicted octanol–water partition coefficient (Wildman–Crippen LogP) is 3.10. The van der Waals surface area contributed by atoms with Gasteiger partial charge in [0, 0.05) is 18.2 Å². The molecule has 0 amide bonds. The molecule has 1 aliphatic carbocycles. The normalized spacial score (nSPS) is 14.2. The third-order valence-corrected chi connectivity index (χ3v) is 4.60. The topological polar surface area (TPSA) is 65.8 Å². The van der Waals surface area contributed by atoms with Crippen molar-refractivity contribution in [2.24, 2.45) is 0 Å². The molecule has 0 radical (unpaired) electrons. The summed E-state index contributed by atoms with van der Waals surface area (Å²) >= 11 is 0. The van der Waals surface area contributed by atoms with Crippen molar-refractivity contribution in [3.8, 4) is 5.82 Å². The molecule has 4 aromatic rings. The van der Waals surface area contributed by atoms with Gasteiger partial charge in [-0.15, -0.1) is 0 Å². The maximum absolute atomic E-state index is 13.1. The zero-order valence-corrected chi connectivity index (χ0v) is 13.5. The van der Waals surface area contributed by atoms with Gasteiger partial charge in [-0.25, -0.2) is 14.3 Å². The first-order valence-corrected chi connectivity index (χ1v) is 8.38. The Morgan fingerprint density at radius 2 is 1.88 bits per heavy atom. The molecule has 124 valence electrons. The number of fused-ring (bicyclic) bond motifs is 1. The molecular formula is C19H16N4O2. The molecule has 1 saturated carbocycles. The molecule has 0 saturated heterocycles. The number of aromatic nitrogens is 4. The van der Waals surface area contributed by atoms with Crippen molar-refractivity contribution in [3.63, 3.8) is 0 Å². The van der Waals surface area contributed by atoms with Gasteiger partial charge in [0.1, 0.15) is 5.82 Å². The van der Waals surface area contributed by atoms with E-state index in [0.29, 0.717) is 24.0 Å². The Morgan fingerprint density at radius 1 is 1.08 bits per heavy atom. The van der Waals surface area contributed by atoms with E-state index < -0.39 is 0 Å². The minimum Gasteiger partial charge on any atom is -0.359 e. The summed E-state index contributed by atoms with van der Waals surface area (Å²) in [5.41, 5.74) is 2.54. The average molecular weight is 332 g/mol. The second kappa shape index (κ2) is 5.44. The van der Waals surface area contributed by atoms with Crippen molar-refractivity contribution >= 4 is 11.0 Å². The van der Waals surface area contributed by atoms with E-state index in [1.807, 2.05) is 48.5 Å². The van der Waals surface area contributed by atoms with Crippen LogP contribution < -0.4 is 5.69 Å². The number of hydrogen-bond donors (Lipinski definition) is 0. The average Bonchev–Trinajstić information content (AvgIpc) is 3.33. The molecule has 25 heavy (non-hydrogen) atoms. The Hall–Kier alpha value is -3.15. The van der Waals surface area contributed by atoms with Crippen molar-refractivity contribution in [3.05, 3.63) is 76.7 Å². The molecule has 6 nitrogen and oxygen atoms in total. The van der Waals surface area contributed by atoms with E-state index in [1.54, 1.807) is 15.3 Å². The lowest BCUT2D eigenvalue weighted by molar-refractivity contribution is 0.370. The SMILES string of the molecule is O=c1n(Cc2cc(C3CC3)no2)c2ccccc2n1-c1ccccn1. The highest BCUT2D eigenvalue weighted by atomic mass is 16.5. The number of nitrogens with zero attached hydrogens (tertiary/aromatic N) is 4. The second-order valence-electron chi connectivity index (χ2n) is 6.37. The van der Waals surface area contributed by atoms with Gasteiger partial charge in [0.15, 0.2) is 5.76 Å². The fourth-order valence-electron chi connectivity index (χ4n) is 3.20. The maximum Gasteiger partial charge on any atom is 0.335 e. The first kappa shape index (κ1) is 14.2. The largest absolute Gasteiger partial charge is 0.359 e. The number of para-hydroxylation sites is 2. The van der Waals surface area contributed by atoms with Crippen LogP contribution in [-0.2, 0) is 6.54 Å². The number of pyridine rings is 1. The van der Waals surface area contributed by atoms with E-state index in [0.717, 1.165) is 16.7 Å². The Morgan fingerprint density at radius 3 is 2.64 bits per heavy atom. The maximum atomic E-state index is 13.1. The highest BCUT2D eigenvalue weighted by Crippen LogP contribution is 2.39. The Kier molecular flexibility index (Phi) is 3.09. The monoisotopic (exact) mass is 332 g/mol. The zero-order chi connectivity index (χ0) is 16.8. The Labute approximate surface area is 143 Å². The summed E-state index contributed by atoms with van der Waals surface area (Å²) < 4.78 is 8.80. The van der Waals surface area contributed by atoms with Gasteiger partial charge in [-0.3, -0.25) is 4.57 Å². The van der Waals surface area contributed by atoms with Crippen LogP contribution in [0.3, 0.4) is 0 Å². The Bertz CT molecular complexity index is 1100. The fraction of sp³-hybridized carbons (Fsp3) is 0.211. The van der Waals surface area contributed by atoms with Crippen molar-refractivity contribution < 1.29 is 4.52 Å². The lowest BCUT2D eigenvalue weighted by atomic mass is 10.2. The highest BCUT2D eigenvalue weighted by Gasteiger charge is 2.27. The van der Waals surface area contributed by atoms with Gasteiger partial charge in [0.25, 0.3) is 0 Å². The van der Waals surface area contributed by atoms with Crippen molar-refractivity contribution in [1.29, 1.82) is 0 Å². The van der Waals surface area contributed by atoms with Gasteiger partial charge in [-0.2, -0.15) is 0 Å². The zero-order valence-electron chi connectivity index (χ0n) is 13.5. The van der Waals surface area contributed by atoms with Crippen LogP contribution in [0, 0.1) is 0 Å². The lowest BCUT2D eigenvalue weighted by Crippen LogP contribution is -2.24. The second-order valence-corrected chi connectivity index (χ2v) is 6.37. The summed E-state index contributed by atoms with van der Waals surface area (Å²) in [5, 5.41) is 4.14. The molecule has 5 rings (SSSR count). The third-order valence-electron chi connectivity index (χ3n) is 4.60. The summed E-state index contributed by atoms with van der Waals surface area (Å²) in [4.78, 5) is 17.4. The molecule has 1 aliphatic rings. The van der Waals surface area contributed by atoms with Crippen LogP contribution in [-0.4, -0.2) is 19.3 Å². The van der Waals surface area contributed by atoms with Gasteiger partial charge in [-0.05, 0) is 37.1 Å². The summed E-state index contributed by atoms with van der Waals surface area (Å²) in [6, 6.07) is 15.2. The van der Waals surface area contributed by atoms with Crippen LogP contribution in [0.5, 0.6) is 0 Å². The smallest absolute Gasteiger partial charge is 0.335 e. The van der Waals surface area contributed by atoms with Gasteiger partial charge < -0.3 is 4.52 Å². The van der Waals surface area contributed by atoms with E-state index >= 15 is 0 Å². The summed E-state index contributed by atoms with van der Waals surface area (Å²) in [5.74, 6) is 1.84. The highest BCUT2D eigenvalue weighted by molar-refractivity contribution is 5.77. The molecule has 3 heterocycles. The molecule has 0 spiro atoms. The minimum absolute atomic E-state index is 0.135. The van der Waals surface area contributed by atoms with Crippen LogP contribution in [0.2, 0.25) is 0 Å². The van der Waals surface area contributed by atoms with Crippen molar-refractivity contribution in [1.82, 2.24) is 19.3 Å². The van der Waals surface area contributed by atoms with E-state index in [2.05, 4.69) is 10.1 Å². The van der Waals surface area contributed by atoms with Crippen molar-refractivity contribution in [2.45, 2.75) is 25.3 Å². The first-order chi connectivity index (χ1) is 12.3. The fourth-order valence-corrected chi connectivity index (χ4v) is 3.20. The van der Waals surface area contributed by atoms with Crippen LogP contribution in [0.15, 0.2) is 64.0 Å². The molecule has 6 heteroatoms. The van der Waals surface area contributed by atoms with E-state index in [-0.39, 0.29) is 5.69 Å². The van der Waals surface area contributed by atoms with E-state index in [9.17, 15) is 4.79 Å². The van der Waals surface area contributed by atoms with Crippen LogP contribution in [0.1, 0.15) is 30.2 Å². The quantitative estimate of drug-likeness (QED) is 0.576. The van der Waals surface area contributed by atoms with Gasteiger partial charge in [0.2, 0.25) is 0 Å². The number of hydrogen-bond acceptors (Lipinski definition) is 4. The van der Waals surface area contributed by atoms with Gasteiger partial charge in [-0.1, -0.05) is 23.4 Å². The van der Waals surface area contributed by atoms with Gasteiger partial charge >= 0.3 is 5.69 Å². The number of benzene rings is 1. The standard InChI is InChI=1S/C19H16N4O2/c24-19-22(12-14-11-15(21-25-14)13-8-9-13)16-5-1-2-6-17(16)23(19)18-7-3-4-10-20-18/h1-7,10-11,13H,8-9,12H2. The van der Waals surface area contributed by atoms with Crippen LogP contribution in [0.25, 0.3) is 16.9 Å². The summed E-state index contributed by atoms with van der Waals surface area (Å²) in [6.07, 6.45) is 4.03. The molecule has 0 N–H and O–H groups in total. The molecule has 3 aromatic heterocycles. The molecule has 0 unspecified atom stereocenters. The Balaban J connectivity index is 1.65. The van der Waals surface area contributed by atoms with E-state index in [1.165, 1.54) is 12.8 Å². The summed E-state index contributed by atoms with van der Waals surface area (Å²) in [6.45, 7) is 0.360. The first-order valence-electron chi connectivity index (χ1n) is 8.38. The minimum atomic E-state index is -0.135. The molecule has 1 aromatic carbocycles. The third kappa shape index (κ3) is 2.38. The van der Waals surface area contributed by atoms with E-state index in [4.69, 9.17) is 4.52 Å². The van der Waals surface area contributed by atoms with Gasteiger partial charge in [0.05, 0.1) is 23.3 Å². The van der Waals surface area contributed by atoms with Crippen LogP contribution in [0.4, 0.5) is 0 Å². The molecule has 1 fully saturated rings. The number of rotatable bonds is 4. The molecule has 0 aliphatic heterocycles. The molecule has 0 atom stereocenters.